The van der Waals surface area contributed by atoms with Crippen molar-refractivity contribution in [2.75, 3.05) is 26.7 Å². The summed E-state index contributed by atoms with van der Waals surface area (Å²) in [7, 11) is 1.80. The Morgan fingerprint density at radius 2 is 1.68 bits per heavy atom. The molecule has 0 radical (unpaired) electrons. The Bertz CT molecular complexity index is 561. The lowest BCUT2D eigenvalue weighted by Gasteiger charge is -2.26. The highest BCUT2D eigenvalue weighted by Crippen LogP contribution is 2.08. The molecule has 0 aliphatic rings. The zero-order valence-electron chi connectivity index (χ0n) is 16.6. The second-order valence-electron chi connectivity index (χ2n) is 7.77. The third-order valence-corrected chi connectivity index (χ3v) is 3.67. The first-order chi connectivity index (χ1) is 11.6. The van der Waals surface area contributed by atoms with Crippen LogP contribution >= 0.6 is 0 Å². The minimum absolute atomic E-state index is 0.0495. The summed E-state index contributed by atoms with van der Waals surface area (Å²) < 4.78 is 0. The van der Waals surface area contributed by atoms with E-state index in [1.807, 2.05) is 25.7 Å². The normalized spacial score (nSPS) is 11.5. The molecule has 0 bridgehead atoms. The van der Waals surface area contributed by atoms with E-state index < -0.39 is 0 Å². The maximum absolute atomic E-state index is 12.6. The van der Waals surface area contributed by atoms with E-state index in [4.69, 9.17) is 0 Å². The molecule has 1 N–H and O–H groups in total. The molecule has 0 aromatic heterocycles. The van der Waals surface area contributed by atoms with Gasteiger partial charge in [0.05, 0.1) is 13.1 Å². The Labute approximate surface area is 152 Å². The van der Waals surface area contributed by atoms with Gasteiger partial charge in [-0.3, -0.25) is 14.5 Å². The standard InChI is InChI=1S/C20H33N3O2/c1-7-12-23(13-17-10-8-16(2)9-11-17)19(25)15-22(6)14-18(24)21-20(3,4)5/h8-11H,7,12-15H2,1-6H3,(H,21,24). The van der Waals surface area contributed by atoms with Crippen molar-refractivity contribution in [1.82, 2.24) is 15.1 Å². The first kappa shape index (κ1) is 21.2. The fraction of sp³-hybridized carbons (Fsp3) is 0.600. The highest BCUT2D eigenvalue weighted by atomic mass is 16.2. The molecule has 2 amide bonds. The topological polar surface area (TPSA) is 52.7 Å². The SMILES string of the molecule is CCCN(Cc1ccc(C)cc1)C(=O)CN(C)CC(=O)NC(C)(C)C. The predicted octanol–water partition coefficient (Wildman–Crippen LogP) is 2.58. The van der Waals surface area contributed by atoms with Gasteiger partial charge in [0.2, 0.25) is 11.8 Å². The van der Waals surface area contributed by atoms with Crippen LogP contribution in [0.1, 0.15) is 45.2 Å². The molecule has 1 aromatic rings. The lowest BCUT2D eigenvalue weighted by molar-refractivity contribution is -0.133. The van der Waals surface area contributed by atoms with Crippen molar-refractivity contribution in [2.45, 2.75) is 53.1 Å². The fourth-order valence-corrected chi connectivity index (χ4v) is 2.57. The Balaban J connectivity index is 2.60. The lowest BCUT2D eigenvalue weighted by atomic mass is 10.1. The van der Waals surface area contributed by atoms with Gasteiger partial charge in [0, 0.05) is 18.6 Å². The van der Waals surface area contributed by atoms with Crippen LogP contribution in [0.25, 0.3) is 0 Å². The molecule has 0 heterocycles. The number of carbonyl (C=O) groups is 2. The minimum Gasteiger partial charge on any atom is -0.350 e. The van der Waals surface area contributed by atoms with Gasteiger partial charge in [-0.2, -0.15) is 0 Å². The van der Waals surface area contributed by atoms with Gasteiger partial charge < -0.3 is 10.2 Å². The maximum Gasteiger partial charge on any atom is 0.237 e. The van der Waals surface area contributed by atoms with Crippen LogP contribution in [0.3, 0.4) is 0 Å². The predicted molar refractivity (Wildman–Crippen MR) is 102 cm³/mol. The number of amides is 2. The highest BCUT2D eigenvalue weighted by Gasteiger charge is 2.19. The molecule has 140 valence electrons. The van der Waals surface area contributed by atoms with Gasteiger partial charge in [-0.15, -0.1) is 0 Å². The van der Waals surface area contributed by atoms with Gasteiger partial charge in [0.25, 0.3) is 0 Å². The van der Waals surface area contributed by atoms with Crippen LogP contribution in [0.5, 0.6) is 0 Å². The van der Waals surface area contributed by atoms with Crippen molar-refractivity contribution < 1.29 is 9.59 Å². The van der Waals surface area contributed by atoms with E-state index in [1.165, 1.54) is 5.56 Å². The van der Waals surface area contributed by atoms with E-state index in [2.05, 4.69) is 43.4 Å². The van der Waals surface area contributed by atoms with Crippen molar-refractivity contribution in [3.63, 3.8) is 0 Å². The molecule has 1 rings (SSSR count). The molecule has 25 heavy (non-hydrogen) atoms. The average molecular weight is 348 g/mol. The summed E-state index contributed by atoms with van der Waals surface area (Å²) in [5.41, 5.74) is 2.07. The van der Waals surface area contributed by atoms with Gasteiger partial charge >= 0.3 is 0 Å². The van der Waals surface area contributed by atoms with Crippen LogP contribution in [-0.4, -0.2) is 53.8 Å². The summed E-state index contributed by atoms with van der Waals surface area (Å²) in [4.78, 5) is 28.3. The summed E-state index contributed by atoms with van der Waals surface area (Å²) in [6, 6.07) is 8.25. The summed E-state index contributed by atoms with van der Waals surface area (Å²) >= 11 is 0. The lowest BCUT2D eigenvalue weighted by Crippen LogP contribution is -2.47. The molecule has 0 aliphatic heterocycles. The number of nitrogens with one attached hydrogen (secondary N) is 1. The smallest absolute Gasteiger partial charge is 0.237 e. The molecule has 5 nitrogen and oxygen atoms in total. The van der Waals surface area contributed by atoms with Gasteiger partial charge in [-0.05, 0) is 46.7 Å². The molecule has 0 saturated heterocycles. The number of benzene rings is 1. The van der Waals surface area contributed by atoms with Gasteiger partial charge in [0.1, 0.15) is 0 Å². The minimum atomic E-state index is -0.262. The summed E-state index contributed by atoms with van der Waals surface area (Å²) in [5.74, 6) is -0.0168. The number of likely N-dealkylation sites (N-methyl/N-ethyl adjacent to an activating group) is 1. The number of nitrogens with zero attached hydrogens (tertiary/aromatic N) is 2. The van der Waals surface area contributed by atoms with E-state index in [9.17, 15) is 9.59 Å². The number of carbonyl (C=O) groups excluding carboxylic acids is 2. The molecule has 0 unspecified atom stereocenters. The average Bonchev–Trinajstić information content (AvgIpc) is 2.46. The second kappa shape index (κ2) is 9.56. The Kier molecular flexibility index (Phi) is 8.10. The van der Waals surface area contributed by atoms with Crippen LogP contribution in [0.4, 0.5) is 0 Å². The van der Waals surface area contributed by atoms with E-state index in [-0.39, 0.29) is 30.4 Å². The van der Waals surface area contributed by atoms with Crippen molar-refractivity contribution >= 4 is 11.8 Å². The number of rotatable bonds is 8. The monoisotopic (exact) mass is 347 g/mol. The summed E-state index contributed by atoms with van der Waals surface area (Å²) in [6.45, 7) is 11.7. The zero-order chi connectivity index (χ0) is 19.0. The summed E-state index contributed by atoms with van der Waals surface area (Å²) in [5, 5.41) is 2.92. The third kappa shape index (κ3) is 8.68. The fourth-order valence-electron chi connectivity index (χ4n) is 2.57. The van der Waals surface area contributed by atoms with Crippen LogP contribution in [0, 0.1) is 6.92 Å². The second-order valence-corrected chi connectivity index (χ2v) is 7.77. The number of aryl methyl sites for hydroxylation is 1. The molecular formula is C20H33N3O2. The number of hydrogen-bond donors (Lipinski definition) is 1. The largest absolute Gasteiger partial charge is 0.350 e. The first-order valence-electron chi connectivity index (χ1n) is 8.93. The Hall–Kier alpha value is -1.88. The molecule has 0 saturated carbocycles. The molecule has 1 aromatic carbocycles. The van der Waals surface area contributed by atoms with Gasteiger partial charge in [-0.25, -0.2) is 0 Å². The molecule has 0 spiro atoms. The molecular weight excluding hydrogens is 314 g/mol. The first-order valence-corrected chi connectivity index (χ1v) is 8.93. The van der Waals surface area contributed by atoms with Crippen molar-refractivity contribution in [2.24, 2.45) is 0 Å². The zero-order valence-corrected chi connectivity index (χ0v) is 16.6. The van der Waals surface area contributed by atoms with Crippen LogP contribution in [0.15, 0.2) is 24.3 Å². The van der Waals surface area contributed by atoms with Crippen molar-refractivity contribution in [1.29, 1.82) is 0 Å². The number of hydrogen-bond acceptors (Lipinski definition) is 3. The van der Waals surface area contributed by atoms with Crippen LogP contribution in [0.2, 0.25) is 0 Å². The van der Waals surface area contributed by atoms with E-state index >= 15 is 0 Å². The molecule has 5 heteroatoms. The van der Waals surface area contributed by atoms with Crippen LogP contribution < -0.4 is 5.32 Å². The molecule has 0 aliphatic carbocycles. The highest BCUT2D eigenvalue weighted by molar-refractivity contribution is 5.81. The van der Waals surface area contributed by atoms with E-state index in [0.29, 0.717) is 6.54 Å². The van der Waals surface area contributed by atoms with Gasteiger partial charge in [0.15, 0.2) is 0 Å². The maximum atomic E-state index is 12.6. The van der Waals surface area contributed by atoms with E-state index in [1.54, 1.807) is 11.9 Å². The molecule has 0 fully saturated rings. The summed E-state index contributed by atoms with van der Waals surface area (Å²) in [6.07, 6.45) is 0.909. The van der Waals surface area contributed by atoms with Crippen molar-refractivity contribution in [3.8, 4) is 0 Å². The molecule has 0 atom stereocenters. The third-order valence-electron chi connectivity index (χ3n) is 3.67. The van der Waals surface area contributed by atoms with Gasteiger partial charge in [-0.1, -0.05) is 36.8 Å². The quantitative estimate of drug-likeness (QED) is 0.786. The Morgan fingerprint density at radius 3 is 2.20 bits per heavy atom. The Morgan fingerprint density at radius 1 is 1.08 bits per heavy atom. The van der Waals surface area contributed by atoms with Crippen LogP contribution in [-0.2, 0) is 16.1 Å². The van der Waals surface area contributed by atoms with E-state index in [0.717, 1.165) is 18.5 Å². The van der Waals surface area contributed by atoms with Crippen molar-refractivity contribution in [3.05, 3.63) is 35.4 Å².